The minimum absolute atomic E-state index is 0.378. The predicted octanol–water partition coefficient (Wildman–Crippen LogP) is 2.65. The summed E-state index contributed by atoms with van der Waals surface area (Å²) in [5, 5.41) is -0.378. The van der Waals surface area contributed by atoms with Crippen molar-refractivity contribution in [3.63, 3.8) is 0 Å². The molecule has 0 fully saturated rings. The highest BCUT2D eigenvalue weighted by Gasteiger charge is 2.18. The summed E-state index contributed by atoms with van der Waals surface area (Å²) in [6.07, 6.45) is 0.767. The van der Waals surface area contributed by atoms with E-state index in [1.54, 1.807) is 26.0 Å². The summed E-state index contributed by atoms with van der Waals surface area (Å²) >= 11 is 5.60. The van der Waals surface area contributed by atoms with E-state index in [9.17, 15) is 8.42 Å². The number of halogens is 1. The summed E-state index contributed by atoms with van der Waals surface area (Å²) in [6, 6.07) is 6.93. The van der Waals surface area contributed by atoms with Crippen LogP contribution in [-0.2, 0) is 16.3 Å². The Morgan fingerprint density at radius 2 is 1.73 bits per heavy atom. The summed E-state index contributed by atoms with van der Waals surface area (Å²) in [5.41, 5.74) is 1.06. The van der Waals surface area contributed by atoms with Crippen LogP contribution in [0.1, 0.15) is 19.4 Å². The average molecular weight is 247 g/mol. The zero-order valence-corrected chi connectivity index (χ0v) is 10.5. The molecule has 2 nitrogen and oxygen atoms in total. The van der Waals surface area contributed by atoms with Crippen molar-refractivity contribution in [2.24, 2.45) is 0 Å². The normalized spacial score (nSPS) is 12.0. The van der Waals surface area contributed by atoms with Gasteiger partial charge in [-0.3, -0.25) is 0 Å². The molecular formula is C11H15ClO2S. The van der Waals surface area contributed by atoms with Crippen LogP contribution >= 0.6 is 11.6 Å². The zero-order chi connectivity index (χ0) is 11.5. The zero-order valence-electron chi connectivity index (χ0n) is 8.90. The monoisotopic (exact) mass is 246 g/mol. The third-order valence-electron chi connectivity index (χ3n) is 2.26. The fraction of sp³-hybridized carbons (Fsp3) is 0.455. The van der Waals surface area contributed by atoms with E-state index in [-0.39, 0.29) is 5.25 Å². The first-order chi connectivity index (χ1) is 6.98. The maximum atomic E-state index is 11.8. The van der Waals surface area contributed by atoms with E-state index in [0.29, 0.717) is 10.8 Å². The standard InChI is InChI=1S/C11H15ClO2S/c1-9(2)15(13,14)11-5-3-10(4-6-11)7-8-12/h3-6,9H,7-8H2,1-2H3. The van der Waals surface area contributed by atoms with Crippen LogP contribution in [0, 0.1) is 0 Å². The molecule has 1 rings (SSSR count). The topological polar surface area (TPSA) is 34.1 Å². The second-order valence-corrected chi connectivity index (χ2v) is 6.56. The van der Waals surface area contributed by atoms with E-state index in [0.717, 1.165) is 12.0 Å². The summed E-state index contributed by atoms with van der Waals surface area (Å²) in [7, 11) is -3.14. The molecule has 0 spiro atoms. The Kier molecular flexibility index (Phi) is 4.17. The minimum atomic E-state index is -3.14. The van der Waals surface area contributed by atoms with Gasteiger partial charge in [0.25, 0.3) is 0 Å². The first-order valence-corrected chi connectivity index (χ1v) is 6.95. The van der Waals surface area contributed by atoms with Gasteiger partial charge in [-0.15, -0.1) is 11.6 Å². The van der Waals surface area contributed by atoms with Crippen LogP contribution in [0.3, 0.4) is 0 Å². The van der Waals surface area contributed by atoms with Gasteiger partial charge in [-0.25, -0.2) is 8.42 Å². The van der Waals surface area contributed by atoms with Crippen molar-refractivity contribution < 1.29 is 8.42 Å². The van der Waals surface area contributed by atoms with Crippen LogP contribution in [0.15, 0.2) is 29.2 Å². The molecule has 0 saturated carbocycles. The van der Waals surface area contributed by atoms with Gasteiger partial charge in [0.2, 0.25) is 0 Å². The molecule has 0 aromatic heterocycles. The Bertz CT molecular complexity index is 407. The number of alkyl halides is 1. The van der Waals surface area contributed by atoms with Crippen molar-refractivity contribution in [1.29, 1.82) is 0 Å². The first-order valence-electron chi connectivity index (χ1n) is 4.87. The minimum Gasteiger partial charge on any atom is -0.223 e. The summed E-state index contributed by atoms with van der Waals surface area (Å²) in [4.78, 5) is 0.385. The van der Waals surface area contributed by atoms with E-state index in [1.165, 1.54) is 0 Å². The van der Waals surface area contributed by atoms with Crippen LogP contribution in [0.25, 0.3) is 0 Å². The van der Waals surface area contributed by atoms with Gasteiger partial charge >= 0.3 is 0 Å². The highest BCUT2D eigenvalue weighted by molar-refractivity contribution is 7.92. The van der Waals surface area contributed by atoms with Crippen LogP contribution < -0.4 is 0 Å². The van der Waals surface area contributed by atoms with Gasteiger partial charge in [-0.1, -0.05) is 12.1 Å². The number of sulfone groups is 1. The Hall–Kier alpha value is -0.540. The first kappa shape index (κ1) is 12.5. The molecule has 0 saturated heterocycles. The second kappa shape index (κ2) is 4.99. The van der Waals surface area contributed by atoms with Gasteiger partial charge in [0.15, 0.2) is 9.84 Å². The van der Waals surface area contributed by atoms with Crippen molar-refractivity contribution in [2.45, 2.75) is 30.4 Å². The van der Waals surface area contributed by atoms with Gasteiger partial charge in [-0.05, 0) is 38.0 Å². The molecule has 0 bridgehead atoms. The fourth-order valence-corrected chi connectivity index (χ4v) is 2.51. The lowest BCUT2D eigenvalue weighted by atomic mass is 10.2. The van der Waals surface area contributed by atoms with Crippen LogP contribution in [0.4, 0.5) is 0 Å². The molecule has 0 N–H and O–H groups in total. The Morgan fingerprint density at radius 3 is 2.13 bits per heavy atom. The summed E-state index contributed by atoms with van der Waals surface area (Å²) < 4.78 is 23.6. The van der Waals surface area contributed by atoms with Crippen molar-refractivity contribution in [3.05, 3.63) is 29.8 Å². The van der Waals surface area contributed by atoms with Crippen molar-refractivity contribution >= 4 is 21.4 Å². The molecule has 4 heteroatoms. The van der Waals surface area contributed by atoms with Crippen molar-refractivity contribution in [2.75, 3.05) is 5.88 Å². The van der Waals surface area contributed by atoms with E-state index >= 15 is 0 Å². The molecule has 15 heavy (non-hydrogen) atoms. The van der Waals surface area contributed by atoms with E-state index in [4.69, 9.17) is 11.6 Å². The maximum absolute atomic E-state index is 11.8. The van der Waals surface area contributed by atoms with Gasteiger partial charge in [0, 0.05) is 5.88 Å². The third-order valence-corrected chi connectivity index (χ3v) is 4.62. The summed E-state index contributed by atoms with van der Waals surface area (Å²) in [5.74, 6) is 0.552. The Balaban J connectivity index is 2.99. The van der Waals surface area contributed by atoms with E-state index in [1.807, 2.05) is 12.1 Å². The third kappa shape index (κ3) is 2.95. The van der Waals surface area contributed by atoms with Gasteiger partial charge in [0.05, 0.1) is 10.1 Å². The molecule has 0 atom stereocenters. The smallest absolute Gasteiger partial charge is 0.180 e. The lowest BCUT2D eigenvalue weighted by Gasteiger charge is -2.08. The van der Waals surface area contributed by atoms with Gasteiger partial charge in [0.1, 0.15) is 0 Å². The summed E-state index contributed by atoms with van der Waals surface area (Å²) in [6.45, 7) is 3.37. The number of hydrogen-bond donors (Lipinski definition) is 0. The molecule has 84 valence electrons. The molecule has 0 radical (unpaired) electrons. The quantitative estimate of drug-likeness (QED) is 0.766. The molecule has 0 unspecified atom stereocenters. The molecule has 0 aliphatic carbocycles. The van der Waals surface area contributed by atoms with Crippen molar-refractivity contribution in [1.82, 2.24) is 0 Å². The molecular weight excluding hydrogens is 232 g/mol. The highest BCUT2D eigenvalue weighted by atomic mass is 35.5. The molecule has 1 aromatic carbocycles. The Labute approximate surface area is 96.2 Å². The van der Waals surface area contributed by atoms with E-state index < -0.39 is 9.84 Å². The molecule has 1 aromatic rings. The second-order valence-electron chi connectivity index (χ2n) is 3.68. The van der Waals surface area contributed by atoms with Crippen LogP contribution in [-0.4, -0.2) is 19.5 Å². The van der Waals surface area contributed by atoms with Gasteiger partial charge in [-0.2, -0.15) is 0 Å². The maximum Gasteiger partial charge on any atom is 0.180 e. The van der Waals surface area contributed by atoms with Crippen LogP contribution in [0.5, 0.6) is 0 Å². The average Bonchev–Trinajstić information content (AvgIpc) is 2.19. The lowest BCUT2D eigenvalue weighted by Crippen LogP contribution is -2.13. The number of benzene rings is 1. The number of rotatable bonds is 4. The van der Waals surface area contributed by atoms with Crippen LogP contribution in [0.2, 0.25) is 0 Å². The molecule has 0 aliphatic heterocycles. The molecule has 0 amide bonds. The lowest BCUT2D eigenvalue weighted by molar-refractivity contribution is 0.587. The predicted molar refractivity (Wildman–Crippen MR) is 63.2 cm³/mol. The molecule has 0 heterocycles. The molecule has 0 aliphatic rings. The number of hydrogen-bond acceptors (Lipinski definition) is 2. The highest BCUT2D eigenvalue weighted by Crippen LogP contribution is 2.16. The Morgan fingerprint density at radius 1 is 1.20 bits per heavy atom. The van der Waals surface area contributed by atoms with Crippen molar-refractivity contribution in [3.8, 4) is 0 Å². The van der Waals surface area contributed by atoms with Gasteiger partial charge < -0.3 is 0 Å². The largest absolute Gasteiger partial charge is 0.223 e. The van der Waals surface area contributed by atoms with E-state index in [2.05, 4.69) is 0 Å². The SMILES string of the molecule is CC(C)S(=O)(=O)c1ccc(CCCl)cc1. The number of aryl methyl sites for hydroxylation is 1. The fourth-order valence-electron chi connectivity index (χ4n) is 1.23.